The van der Waals surface area contributed by atoms with Gasteiger partial charge in [0.25, 0.3) is 5.91 Å². The quantitative estimate of drug-likeness (QED) is 0.738. The Morgan fingerprint density at radius 1 is 1.24 bits per heavy atom. The fraction of sp³-hybridized carbons (Fsp3) is 0.389. The van der Waals surface area contributed by atoms with Crippen molar-refractivity contribution in [1.29, 1.82) is 0 Å². The van der Waals surface area contributed by atoms with Crippen molar-refractivity contribution in [2.45, 2.75) is 23.5 Å². The summed E-state index contributed by atoms with van der Waals surface area (Å²) in [6, 6.07) is 11.3. The van der Waals surface area contributed by atoms with E-state index in [2.05, 4.69) is 6.92 Å². The zero-order valence-corrected chi connectivity index (χ0v) is 16.5. The lowest BCUT2D eigenvalue weighted by Crippen LogP contribution is -2.33. The molecule has 0 radical (unpaired) electrons. The van der Waals surface area contributed by atoms with Crippen LogP contribution in [0.3, 0.4) is 0 Å². The van der Waals surface area contributed by atoms with Gasteiger partial charge in [-0.25, -0.2) is 8.42 Å². The molecule has 1 fully saturated rings. The molecule has 25 heavy (non-hydrogen) atoms. The van der Waals surface area contributed by atoms with Crippen LogP contribution in [-0.4, -0.2) is 43.8 Å². The second-order valence-corrected chi connectivity index (χ2v) is 10.5. The number of thioether (sulfide) groups is 1. The Kier molecular flexibility index (Phi) is 5.86. The fourth-order valence-electron chi connectivity index (χ4n) is 3.04. The van der Waals surface area contributed by atoms with E-state index in [1.54, 1.807) is 16.7 Å². The highest BCUT2D eigenvalue weighted by Gasteiger charge is 2.33. The van der Waals surface area contributed by atoms with Gasteiger partial charge in [-0.1, -0.05) is 25.1 Å². The summed E-state index contributed by atoms with van der Waals surface area (Å²) in [5.74, 6) is 0.836. The topological polar surface area (TPSA) is 54.5 Å². The fourth-order valence-corrected chi connectivity index (χ4v) is 6.84. The van der Waals surface area contributed by atoms with Crippen LogP contribution in [-0.2, 0) is 9.84 Å². The number of hydrogen-bond acceptors (Lipinski definition) is 5. The average molecular weight is 396 g/mol. The van der Waals surface area contributed by atoms with Gasteiger partial charge in [0.1, 0.15) is 0 Å². The highest BCUT2D eigenvalue weighted by atomic mass is 32.2. The Balaban J connectivity index is 1.82. The van der Waals surface area contributed by atoms with Gasteiger partial charge in [-0.15, -0.1) is 23.1 Å². The summed E-state index contributed by atoms with van der Waals surface area (Å²) in [5.41, 5.74) is 0.668. The molecule has 2 aromatic rings. The van der Waals surface area contributed by atoms with Crippen LogP contribution in [0.25, 0.3) is 0 Å². The highest BCUT2D eigenvalue weighted by molar-refractivity contribution is 7.99. The Hall–Kier alpha value is -1.31. The van der Waals surface area contributed by atoms with Gasteiger partial charge >= 0.3 is 0 Å². The second kappa shape index (κ2) is 7.93. The summed E-state index contributed by atoms with van der Waals surface area (Å²) in [5, 5.41) is 1.40. The van der Waals surface area contributed by atoms with E-state index in [1.807, 2.05) is 41.8 Å². The Morgan fingerprint density at radius 2 is 2.04 bits per heavy atom. The normalized spacial score (nSPS) is 20.2. The third kappa shape index (κ3) is 4.10. The maximum atomic E-state index is 13.0. The van der Waals surface area contributed by atoms with Crippen molar-refractivity contribution >= 4 is 38.8 Å². The molecule has 1 aliphatic rings. The molecular weight excluding hydrogens is 374 g/mol. The number of nitrogens with zero attached hydrogens (tertiary/aromatic N) is 1. The van der Waals surface area contributed by atoms with Crippen LogP contribution in [0.1, 0.15) is 33.8 Å². The molecule has 1 aromatic carbocycles. The predicted octanol–water partition coefficient (Wildman–Crippen LogP) is 3.86. The first kappa shape index (κ1) is 18.5. The lowest BCUT2D eigenvalue weighted by molar-refractivity contribution is 0.0763. The molecule has 4 nitrogen and oxygen atoms in total. The summed E-state index contributed by atoms with van der Waals surface area (Å²) in [6.07, 6.45) is 0.456. The van der Waals surface area contributed by atoms with Crippen LogP contribution in [0.5, 0.6) is 0 Å². The number of carbonyl (C=O) groups is 1. The zero-order chi connectivity index (χ0) is 17.9. The molecule has 1 atom stereocenters. The van der Waals surface area contributed by atoms with E-state index in [-0.39, 0.29) is 18.2 Å². The Labute approximate surface area is 157 Å². The van der Waals surface area contributed by atoms with E-state index in [0.717, 1.165) is 15.5 Å². The smallest absolute Gasteiger partial charge is 0.255 e. The molecule has 1 unspecified atom stereocenters. The predicted molar refractivity (Wildman–Crippen MR) is 104 cm³/mol. The molecular formula is C18H21NO3S3. The van der Waals surface area contributed by atoms with Gasteiger partial charge in [-0.2, -0.15) is 0 Å². The van der Waals surface area contributed by atoms with Crippen LogP contribution in [0.4, 0.5) is 0 Å². The molecule has 7 heteroatoms. The first-order valence-electron chi connectivity index (χ1n) is 8.29. The van der Waals surface area contributed by atoms with E-state index < -0.39 is 15.1 Å². The van der Waals surface area contributed by atoms with Crippen molar-refractivity contribution in [3.8, 4) is 0 Å². The summed E-state index contributed by atoms with van der Waals surface area (Å²) in [4.78, 5) is 16.5. The van der Waals surface area contributed by atoms with Gasteiger partial charge < -0.3 is 4.90 Å². The molecule has 0 spiro atoms. The second-order valence-electron chi connectivity index (χ2n) is 5.88. The third-order valence-electron chi connectivity index (χ3n) is 4.31. The molecule has 1 saturated heterocycles. The molecule has 3 rings (SSSR count). The maximum Gasteiger partial charge on any atom is 0.255 e. The SMILES string of the molecule is CCSc1ccccc1C(=O)N1CCC(c2cccs2)S(=O)(=O)CC1. The van der Waals surface area contributed by atoms with E-state index in [4.69, 9.17) is 0 Å². The van der Waals surface area contributed by atoms with Gasteiger partial charge in [-0.05, 0) is 35.8 Å². The zero-order valence-electron chi connectivity index (χ0n) is 14.1. The molecule has 0 saturated carbocycles. The van der Waals surface area contributed by atoms with E-state index in [0.29, 0.717) is 18.5 Å². The van der Waals surface area contributed by atoms with Crippen molar-refractivity contribution in [1.82, 2.24) is 4.90 Å². The van der Waals surface area contributed by atoms with Crippen LogP contribution in [0.2, 0.25) is 0 Å². The van der Waals surface area contributed by atoms with Crippen LogP contribution in [0.15, 0.2) is 46.7 Å². The monoisotopic (exact) mass is 395 g/mol. The minimum absolute atomic E-state index is 0.0182. The van der Waals surface area contributed by atoms with Crippen LogP contribution < -0.4 is 0 Å². The molecule has 1 aromatic heterocycles. The van der Waals surface area contributed by atoms with Crippen molar-refractivity contribution in [2.24, 2.45) is 0 Å². The van der Waals surface area contributed by atoms with Crippen molar-refractivity contribution in [2.75, 3.05) is 24.6 Å². The number of amides is 1. The summed E-state index contributed by atoms with van der Waals surface area (Å²) in [7, 11) is -3.24. The minimum Gasteiger partial charge on any atom is -0.338 e. The maximum absolute atomic E-state index is 13.0. The standard InChI is InChI=1S/C18H21NO3S3/c1-2-23-15-7-4-3-6-14(15)18(20)19-10-9-17(16-8-5-12-24-16)25(21,22)13-11-19/h3-8,12,17H,2,9-11,13H2,1H3. The third-order valence-corrected chi connectivity index (χ3v) is 8.50. The number of benzene rings is 1. The molecule has 134 valence electrons. The van der Waals surface area contributed by atoms with Crippen molar-refractivity contribution in [3.63, 3.8) is 0 Å². The van der Waals surface area contributed by atoms with Crippen LogP contribution >= 0.6 is 23.1 Å². The molecule has 1 amide bonds. The lowest BCUT2D eigenvalue weighted by Gasteiger charge is -2.21. The van der Waals surface area contributed by atoms with E-state index >= 15 is 0 Å². The number of rotatable bonds is 4. The number of hydrogen-bond donors (Lipinski definition) is 0. The molecule has 2 heterocycles. The largest absolute Gasteiger partial charge is 0.338 e. The lowest BCUT2D eigenvalue weighted by atomic mass is 10.1. The minimum atomic E-state index is -3.24. The summed E-state index contributed by atoms with van der Waals surface area (Å²) in [6.45, 7) is 2.77. The Morgan fingerprint density at radius 3 is 2.76 bits per heavy atom. The van der Waals surface area contributed by atoms with Gasteiger partial charge in [0, 0.05) is 22.9 Å². The van der Waals surface area contributed by atoms with Crippen molar-refractivity contribution in [3.05, 3.63) is 52.2 Å². The molecule has 0 aliphatic carbocycles. The first-order chi connectivity index (χ1) is 12.0. The Bertz CT molecular complexity index is 831. The van der Waals surface area contributed by atoms with E-state index in [9.17, 15) is 13.2 Å². The van der Waals surface area contributed by atoms with Gasteiger partial charge in [-0.3, -0.25) is 4.79 Å². The van der Waals surface area contributed by atoms with Gasteiger partial charge in [0.05, 0.1) is 16.6 Å². The number of sulfone groups is 1. The number of carbonyl (C=O) groups excluding carboxylic acids is 1. The molecule has 0 N–H and O–H groups in total. The van der Waals surface area contributed by atoms with Crippen LogP contribution in [0, 0.1) is 0 Å². The summed E-state index contributed by atoms with van der Waals surface area (Å²) >= 11 is 3.10. The van der Waals surface area contributed by atoms with Gasteiger partial charge in [0.15, 0.2) is 9.84 Å². The molecule has 0 bridgehead atoms. The average Bonchev–Trinajstić information content (AvgIpc) is 3.06. The highest BCUT2D eigenvalue weighted by Crippen LogP contribution is 2.33. The van der Waals surface area contributed by atoms with E-state index in [1.165, 1.54) is 11.3 Å². The number of thiophene rings is 1. The van der Waals surface area contributed by atoms with Gasteiger partial charge in [0.2, 0.25) is 0 Å². The van der Waals surface area contributed by atoms with Crippen molar-refractivity contribution < 1.29 is 13.2 Å². The first-order valence-corrected chi connectivity index (χ1v) is 11.9. The summed E-state index contributed by atoms with van der Waals surface area (Å²) < 4.78 is 25.3. The molecule has 1 aliphatic heterocycles.